The van der Waals surface area contributed by atoms with Gasteiger partial charge in [-0.25, -0.2) is 9.78 Å². The topological polar surface area (TPSA) is 83.1 Å². The summed E-state index contributed by atoms with van der Waals surface area (Å²) in [4.78, 5) is 28.5. The summed E-state index contributed by atoms with van der Waals surface area (Å²) >= 11 is 0. The molecule has 1 aromatic carbocycles. The number of methoxy groups -OCH3 is 2. The lowest BCUT2D eigenvalue weighted by Gasteiger charge is -2.35. The van der Waals surface area contributed by atoms with Crippen molar-refractivity contribution in [2.75, 3.05) is 68.6 Å². The van der Waals surface area contributed by atoms with Gasteiger partial charge in [0.1, 0.15) is 17.3 Å². The number of aryl methyl sites for hydroxylation is 1. The van der Waals surface area contributed by atoms with Crippen molar-refractivity contribution < 1.29 is 14.3 Å². The number of nitrogens with one attached hydrogen (secondary N) is 1. The number of carbonyl (C=O) groups is 1. The van der Waals surface area contributed by atoms with Crippen LogP contribution in [0.4, 0.5) is 22.2 Å². The molecule has 0 radical (unpaired) electrons. The minimum absolute atomic E-state index is 0.141. The van der Waals surface area contributed by atoms with E-state index in [-0.39, 0.29) is 6.03 Å². The van der Waals surface area contributed by atoms with Gasteiger partial charge in [0.2, 0.25) is 5.95 Å². The molecule has 0 spiro atoms. The van der Waals surface area contributed by atoms with Crippen LogP contribution in [0.3, 0.4) is 0 Å². The lowest BCUT2D eigenvalue weighted by molar-refractivity contribution is 0.208. The summed E-state index contributed by atoms with van der Waals surface area (Å²) in [6.45, 7) is 6.71. The van der Waals surface area contributed by atoms with E-state index < -0.39 is 0 Å². The number of anilines is 3. The highest BCUT2D eigenvalue weighted by molar-refractivity contribution is 5.90. The zero-order valence-electron chi connectivity index (χ0n) is 18.4. The molecule has 1 N–H and O–H groups in total. The van der Waals surface area contributed by atoms with Crippen LogP contribution >= 0.6 is 0 Å². The Balaban J connectivity index is 1.38. The molecule has 0 atom stereocenters. The molecule has 9 heteroatoms. The van der Waals surface area contributed by atoms with Gasteiger partial charge >= 0.3 is 6.03 Å². The number of aromatic nitrogens is 2. The Hall–Kier alpha value is -3.23. The predicted octanol–water partition coefficient (Wildman–Crippen LogP) is 2.76. The molecule has 0 bridgehead atoms. The molecule has 0 unspecified atom stereocenters. The van der Waals surface area contributed by atoms with Gasteiger partial charge in [-0.1, -0.05) is 0 Å². The molecule has 31 heavy (non-hydrogen) atoms. The molecule has 2 aromatic rings. The summed E-state index contributed by atoms with van der Waals surface area (Å²) in [5, 5.41) is 2.94. The number of carbonyl (C=O) groups excluding carboxylic acids is 1. The highest BCUT2D eigenvalue weighted by atomic mass is 16.5. The largest absolute Gasteiger partial charge is 0.497 e. The van der Waals surface area contributed by atoms with Crippen LogP contribution < -0.4 is 24.6 Å². The number of ether oxygens (including phenoxy) is 2. The third-order valence-corrected chi connectivity index (χ3v) is 5.71. The van der Waals surface area contributed by atoms with Gasteiger partial charge in [-0.15, -0.1) is 0 Å². The van der Waals surface area contributed by atoms with Crippen molar-refractivity contribution >= 4 is 23.5 Å². The molecule has 2 aliphatic heterocycles. The minimum atomic E-state index is -0.141. The smallest absolute Gasteiger partial charge is 0.321 e. The van der Waals surface area contributed by atoms with Crippen LogP contribution in [-0.4, -0.2) is 74.4 Å². The molecule has 3 heterocycles. The fourth-order valence-electron chi connectivity index (χ4n) is 3.98. The van der Waals surface area contributed by atoms with Gasteiger partial charge in [0.25, 0.3) is 0 Å². The first-order valence-electron chi connectivity index (χ1n) is 10.7. The Morgan fingerprint density at radius 2 is 1.52 bits per heavy atom. The Kier molecular flexibility index (Phi) is 6.29. The Morgan fingerprint density at radius 1 is 0.871 bits per heavy atom. The number of hydrogen-bond acceptors (Lipinski definition) is 7. The monoisotopic (exact) mass is 426 g/mol. The Morgan fingerprint density at radius 3 is 2.13 bits per heavy atom. The lowest BCUT2D eigenvalue weighted by Crippen LogP contribution is -2.50. The second-order valence-electron chi connectivity index (χ2n) is 7.87. The summed E-state index contributed by atoms with van der Waals surface area (Å²) in [5.41, 5.74) is 1.61. The third-order valence-electron chi connectivity index (χ3n) is 5.71. The first-order valence-corrected chi connectivity index (χ1v) is 10.7. The van der Waals surface area contributed by atoms with Gasteiger partial charge in [0.05, 0.1) is 14.2 Å². The van der Waals surface area contributed by atoms with Gasteiger partial charge in [0.15, 0.2) is 0 Å². The van der Waals surface area contributed by atoms with E-state index in [0.717, 1.165) is 30.5 Å². The number of piperazine rings is 1. The normalized spacial score (nSPS) is 16.4. The lowest BCUT2D eigenvalue weighted by atomic mass is 10.2. The summed E-state index contributed by atoms with van der Waals surface area (Å²) in [5.74, 6) is 3.02. The van der Waals surface area contributed by atoms with Crippen molar-refractivity contribution in [3.05, 3.63) is 30.0 Å². The van der Waals surface area contributed by atoms with Gasteiger partial charge < -0.3 is 29.5 Å². The number of urea groups is 1. The molecule has 0 saturated carbocycles. The number of nitrogens with zero attached hydrogens (tertiary/aromatic N) is 5. The van der Waals surface area contributed by atoms with Crippen LogP contribution in [0, 0.1) is 6.92 Å². The van der Waals surface area contributed by atoms with Crippen molar-refractivity contribution in [3.8, 4) is 11.5 Å². The van der Waals surface area contributed by atoms with Gasteiger partial charge in [-0.3, -0.25) is 0 Å². The number of amides is 2. The number of hydrogen-bond donors (Lipinski definition) is 1. The molecule has 9 nitrogen and oxygen atoms in total. The van der Waals surface area contributed by atoms with Crippen LogP contribution in [0.1, 0.15) is 18.5 Å². The van der Waals surface area contributed by atoms with Gasteiger partial charge in [-0.2, -0.15) is 4.98 Å². The van der Waals surface area contributed by atoms with E-state index >= 15 is 0 Å². The molecule has 0 aliphatic carbocycles. The molecular formula is C22H30N6O3. The number of rotatable bonds is 5. The van der Waals surface area contributed by atoms with E-state index in [1.165, 1.54) is 12.8 Å². The van der Waals surface area contributed by atoms with Crippen LogP contribution in [0.25, 0.3) is 0 Å². The van der Waals surface area contributed by atoms with E-state index in [9.17, 15) is 4.79 Å². The Bertz CT molecular complexity index is 901. The SMILES string of the molecule is COc1cc(NC(=O)N2CCN(c3nc(C)cc(N4CCCC4)n3)CC2)cc(OC)c1. The van der Waals surface area contributed by atoms with Crippen LogP contribution in [0.5, 0.6) is 11.5 Å². The maximum Gasteiger partial charge on any atom is 0.321 e. The van der Waals surface area contributed by atoms with Crippen molar-refractivity contribution in [2.24, 2.45) is 0 Å². The molecule has 2 aliphatic rings. The van der Waals surface area contributed by atoms with Crippen LogP contribution in [-0.2, 0) is 0 Å². The zero-order chi connectivity index (χ0) is 21.8. The molecule has 2 amide bonds. The van der Waals surface area contributed by atoms with Gasteiger partial charge in [-0.05, 0) is 19.8 Å². The van der Waals surface area contributed by atoms with Gasteiger partial charge in [0, 0.05) is 74.9 Å². The quantitative estimate of drug-likeness (QED) is 0.787. The second kappa shape index (κ2) is 9.28. The maximum absolute atomic E-state index is 12.8. The second-order valence-corrected chi connectivity index (χ2v) is 7.87. The highest BCUT2D eigenvalue weighted by Gasteiger charge is 2.24. The molecule has 2 saturated heterocycles. The highest BCUT2D eigenvalue weighted by Crippen LogP contribution is 2.26. The Labute approximate surface area is 183 Å². The zero-order valence-corrected chi connectivity index (χ0v) is 18.4. The molecule has 4 rings (SSSR count). The fraction of sp³-hybridized carbons (Fsp3) is 0.500. The van der Waals surface area contributed by atoms with E-state index in [2.05, 4.69) is 26.2 Å². The maximum atomic E-state index is 12.8. The summed E-state index contributed by atoms with van der Waals surface area (Å²) in [6, 6.07) is 7.24. The first kappa shape index (κ1) is 21.0. The van der Waals surface area contributed by atoms with E-state index in [4.69, 9.17) is 14.5 Å². The molecule has 2 fully saturated rings. The summed E-state index contributed by atoms with van der Waals surface area (Å²) < 4.78 is 10.5. The standard InChI is InChI=1S/C22H30N6O3/c1-16-12-20(26-6-4-5-7-26)25-21(23-16)27-8-10-28(11-9-27)22(29)24-17-13-18(30-2)15-19(14-17)31-3/h12-15H,4-11H2,1-3H3,(H,24,29). The van der Waals surface area contributed by atoms with Crippen molar-refractivity contribution in [2.45, 2.75) is 19.8 Å². The number of benzene rings is 1. The van der Waals surface area contributed by atoms with E-state index in [1.807, 2.05) is 6.92 Å². The first-order chi connectivity index (χ1) is 15.1. The summed E-state index contributed by atoms with van der Waals surface area (Å²) in [7, 11) is 3.17. The molecule has 1 aromatic heterocycles. The van der Waals surface area contributed by atoms with E-state index in [1.54, 1.807) is 37.3 Å². The van der Waals surface area contributed by atoms with Crippen LogP contribution in [0.2, 0.25) is 0 Å². The summed E-state index contributed by atoms with van der Waals surface area (Å²) in [6.07, 6.45) is 2.43. The van der Waals surface area contributed by atoms with Crippen molar-refractivity contribution in [1.82, 2.24) is 14.9 Å². The average molecular weight is 427 g/mol. The minimum Gasteiger partial charge on any atom is -0.497 e. The van der Waals surface area contributed by atoms with Crippen molar-refractivity contribution in [3.63, 3.8) is 0 Å². The molecular weight excluding hydrogens is 396 g/mol. The van der Waals surface area contributed by atoms with Crippen LogP contribution in [0.15, 0.2) is 24.3 Å². The third kappa shape index (κ3) is 4.92. The predicted molar refractivity (Wildman–Crippen MR) is 121 cm³/mol. The van der Waals surface area contributed by atoms with Crippen molar-refractivity contribution in [1.29, 1.82) is 0 Å². The molecule has 166 valence electrons. The van der Waals surface area contributed by atoms with E-state index in [0.29, 0.717) is 43.4 Å². The average Bonchev–Trinajstić information content (AvgIpc) is 3.33. The fourth-order valence-corrected chi connectivity index (χ4v) is 3.98.